The highest BCUT2D eigenvalue weighted by molar-refractivity contribution is 5.82. The molecule has 0 aliphatic heterocycles. The van der Waals surface area contributed by atoms with E-state index in [0.717, 1.165) is 19.1 Å². The summed E-state index contributed by atoms with van der Waals surface area (Å²) in [5, 5.41) is 21.5. The Morgan fingerprint density at radius 3 is 2.58 bits per heavy atom. The Hall–Kier alpha value is -2.51. The van der Waals surface area contributed by atoms with Crippen molar-refractivity contribution in [1.82, 2.24) is 5.32 Å². The summed E-state index contributed by atoms with van der Waals surface area (Å²) < 4.78 is 13.3. The van der Waals surface area contributed by atoms with E-state index >= 15 is 0 Å². The van der Waals surface area contributed by atoms with Crippen LogP contribution in [0.3, 0.4) is 0 Å². The second-order valence-corrected chi connectivity index (χ2v) is 3.84. The summed E-state index contributed by atoms with van der Waals surface area (Å²) in [7, 11) is 0. The Morgan fingerprint density at radius 2 is 2.16 bits per heavy atom. The molecule has 7 nitrogen and oxygen atoms in total. The van der Waals surface area contributed by atoms with E-state index in [1.165, 1.54) is 6.07 Å². The average Bonchev–Trinajstić information content (AvgIpc) is 2.26. The van der Waals surface area contributed by atoms with Crippen LogP contribution in [-0.2, 0) is 16.0 Å². The number of hydrogen-bond donors (Lipinski definition) is 2. The smallest absolute Gasteiger partial charge is 0.326 e. The van der Waals surface area contributed by atoms with Crippen LogP contribution >= 0.6 is 0 Å². The van der Waals surface area contributed by atoms with Gasteiger partial charge in [-0.25, -0.2) is 4.79 Å². The lowest BCUT2D eigenvalue weighted by molar-refractivity contribution is -0.387. The molecule has 0 aliphatic carbocycles. The number of carboxylic acids is 1. The lowest BCUT2D eigenvalue weighted by atomic mass is 10.1. The molecule has 1 aromatic rings. The van der Waals surface area contributed by atoms with Crippen molar-refractivity contribution in [1.29, 1.82) is 0 Å². The second-order valence-electron chi connectivity index (χ2n) is 3.84. The van der Waals surface area contributed by atoms with Crippen LogP contribution in [0.25, 0.3) is 0 Å². The first-order valence-corrected chi connectivity index (χ1v) is 5.24. The number of carbonyl (C=O) groups is 2. The first-order chi connectivity index (χ1) is 8.81. The summed E-state index contributed by atoms with van der Waals surface area (Å²) >= 11 is 0. The molecule has 0 radical (unpaired) electrons. The Balaban J connectivity index is 2.91. The first kappa shape index (κ1) is 14.6. The van der Waals surface area contributed by atoms with Crippen LogP contribution in [0.15, 0.2) is 18.2 Å². The SMILES string of the molecule is CC(=O)NC(Cc1ccc([N+](=O)[O-])c(F)c1)C(=O)O. The van der Waals surface area contributed by atoms with Crippen molar-refractivity contribution in [2.24, 2.45) is 0 Å². The van der Waals surface area contributed by atoms with E-state index < -0.39 is 34.3 Å². The summed E-state index contributed by atoms with van der Waals surface area (Å²) in [6, 6.07) is 1.88. The fourth-order valence-corrected chi connectivity index (χ4v) is 1.51. The fourth-order valence-electron chi connectivity index (χ4n) is 1.51. The number of nitrogens with zero attached hydrogens (tertiary/aromatic N) is 1. The van der Waals surface area contributed by atoms with Crippen LogP contribution in [0.5, 0.6) is 0 Å². The maximum absolute atomic E-state index is 13.3. The molecule has 1 atom stereocenters. The van der Waals surface area contributed by atoms with E-state index in [1.807, 2.05) is 0 Å². The minimum Gasteiger partial charge on any atom is -0.480 e. The number of aliphatic carboxylic acids is 1. The summed E-state index contributed by atoms with van der Waals surface area (Å²) in [5.74, 6) is -2.85. The van der Waals surface area contributed by atoms with Gasteiger partial charge in [-0.3, -0.25) is 14.9 Å². The van der Waals surface area contributed by atoms with Crippen LogP contribution in [0.4, 0.5) is 10.1 Å². The molecule has 2 N–H and O–H groups in total. The summed E-state index contributed by atoms with van der Waals surface area (Å²) in [6.45, 7) is 1.16. The number of nitro benzene ring substituents is 1. The van der Waals surface area contributed by atoms with E-state index in [1.54, 1.807) is 0 Å². The summed E-state index contributed by atoms with van der Waals surface area (Å²) in [4.78, 5) is 31.3. The average molecular weight is 270 g/mol. The van der Waals surface area contributed by atoms with Crippen molar-refractivity contribution in [2.75, 3.05) is 0 Å². The topological polar surface area (TPSA) is 110 Å². The molecule has 0 saturated heterocycles. The number of halogens is 1. The van der Waals surface area contributed by atoms with Gasteiger partial charge in [-0.15, -0.1) is 0 Å². The zero-order chi connectivity index (χ0) is 14.6. The molecular formula is C11H11FN2O5. The largest absolute Gasteiger partial charge is 0.480 e. The van der Waals surface area contributed by atoms with Crippen LogP contribution < -0.4 is 5.32 Å². The van der Waals surface area contributed by atoms with Gasteiger partial charge >= 0.3 is 11.7 Å². The van der Waals surface area contributed by atoms with Crippen molar-refractivity contribution in [3.63, 3.8) is 0 Å². The normalized spacial score (nSPS) is 11.7. The predicted molar refractivity (Wildman–Crippen MR) is 62.0 cm³/mol. The highest BCUT2D eigenvalue weighted by Crippen LogP contribution is 2.18. The molecule has 102 valence electrons. The minimum atomic E-state index is -1.27. The molecule has 1 amide bonds. The molecule has 1 unspecified atom stereocenters. The number of carboxylic acid groups (broad SMARTS) is 1. The number of hydrogen-bond acceptors (Lipinski definition) is 4. The summed E-state index contributed by atoms with van der Waals surface area (Å²) in [5.41, 5.74) is -0.445. The molecule has 0 heterocycles. The molecule has 0 spiro atoms. The molecule has 1 aromatic carbocycles. The number of nitrogens with one attached hydrogen (secondary N) is 1. The number of nitro groups is 1. The zero-order valence-electron chi connectivity index (χ0n) is 9.92. The van der Waals surface area contributed by atoms with Gasteiger partial charge in [0.2, 0.25) is 11.7 Å². The van der Waals surface area contributed by atoms with Gasteiger partial charge < -0.3 is 10.4 Å². The zero-order valence-corrected chi connectivity index (χ0v) is 9.92. The third-order valence-corrected chi connectivity index (χ3v) is 2.32. The van der Waals surface area contributed by atoms with Crippen LogP contribution in [0.2, 0.25) is 0 Å². The maximum atomic E-state index is 13.3. The Morgan fingerprint density at radius 1 is 1.53 bits per heavy atom. The van der Waals surface area contributed by atoms with Gasteiger partial charge in [0.05, 0.1) is 4.92 Å². The Kier molecular flexibility index (Phi) is 4.51. The van der Waals surface area contributed by atoms with Crippen LogP contribution in [-0.4, -0.2) is 27.9 Å². The van der Waals surface area contributed by atoms with Gasteiger partial charge in [0.1, 0.15) is 6.04 Å². The lowest BCUT2D eigenvalue weighted by Gasteiger charge is -2.13. The van der Waals surface area contributed by atoms with Crippen molar-refractivity contribution in [3.05, 3.63) is 39.7 Å². The van der Waals surface area contributed by atoms with Crippen molar-refractivity contribution >= 4 is 17.6 Å². The highest BCUT2D eigenvalue weighted by Gasteiger charge is 2.21. The standard InChI is InChI=1S/C11H11FN2O5/c1-6(15)13-9(11(16)17)5-7-2-3-10(14(18)19)8(12)4-7/h2-4,9H,5H2,1H3,(H,13,15)(H,16,17). The second kappa shape index (κ2) is 5.89. The maximum Gasteiger partial charge on any atom is 0.326 e. The van der Waals surface area contributed by atoms with Gasteiger partial charge in [0, 0.05) is 19.4 Å². The van der Waals surface area contributed by atoms with Gasteiger partial charge in [0.15, 0.2) is 0 Å². The molecule has 0 aliphatic rings. The number of benzene rings is 1. The van der Waals surface area contributed by atoms with Crippen LogP contribution in [0, 0.1) is 15.9 Å². The van der Waals surface area contributed by atoms with E-state index in [-0.39, 0.29) is 12.0 Å². The van der Waals surface area contributed by atoms with Gasteiger partial charge in [-0.2, -0.15) is 4.39 Å². The third-order valence-electron chi connectivity index (χ3n) is 2.32. The summed E-state index contributed by atoms with van der Waals surface area (Å²) in [6.07, 6.45) is -0.163. The molecule has 8 heteroatoms. The van der Waals surface area contributed by atoms with Crippen LogP contribution in [0.1, 0.15) is 12.5 Å². The van der Waals surface area contributed by atoms with Crippen molar-refractivity contribution in [3.8, 4) is 0 Å². The Bertz CT molecular complexity index is 532. The van der Waals surface area contributed by atoms with Gasteiger partial charge in [0.25, 0.3) is 0 Å². The van der Waals surface area contributed by atoms with Gasteiger partial charge in [-0.1, -0.05) is 6.07 Å². The van der Waals surface area contributed by atoms with E-state index in [4.69, 9.17) is 5.11 Å². The molecular weight excluding hydrogens is 259 g/mol. The van der Waals surface area contributed by atoms with Crippen molar-refractivity contribution < 1.29 is 24.0 Å². The molecule has 19 heavy (non-hydrogen) atoms. The molecule has 1 rings (SSSR count). The monoisotopic (exact) mass is 270 g/mol. The highest BCUT2D eigenvalue weighted by atomic mass is 19.1. The number of amides is 1. The van der Waals surface area contributed by atoms with Gasteiger partial charge in [-0.05, 0) is 11.6 Å². The fraction of sp³-hybridized carbons (Fsp3) is 0.273. The minimum absolute atomic E-state index is 0.163. The number of rotatable bonds is 5. The predicted octanol–water partition coefficient (Wildman–Crippen LogP) is 0.866. The van der Waals surface area contributed by atoms with E-state index in [2.05, 4.69) is 5.32 Å². The molecule has 0 fully saturated rings. The molecule has 0 aromatic heterocycles. The lowest BCUT2D eigenvalue weighted by Crippen LogP contribution is -2.41. The Labute approximate surface area is 107 Å². The third kappa shape index (κ3) is 4.02. The molecule has 0 saturated carbocycles. The first-order valence-electron chi connectivity index (χ1n) is 5.24. The van der Waals surface area contributed by atoms with E-state index in [0.29, 0.717) is 0 Å². The van der Waals surface area contributed by atoms with Crippen molar-refractivity contribution in [2.45, 2.75) is 19.4 Å². The quantitative estimate of drug-likeness (QED) is 0.609. The molecule has 0 bridgehead atoms. The van der Waals surface area contributed by atoms with E-state index in [9.17, 15) is 24.1 Å². The number of carbonyl (C=O) groups excluding carboxylic acids is 1.